The number of thioether (sulfide) groups is 1. The highest BCUT2D eigenvalue weighted by Crippen LogP contribution is 2.38. The second-order valence-electron chi connectivity index (χ2n) is 4.75. The summed E-state index contributed by atoms with van der Waals surface area (Å²) in [5.41, 5.74) is 0.731. The van der Waals surface area contributed by atoms with E-state index in [9.17, 15) is 4.79 Å². The minimum absolute atomic E-state index is 0.310. The first-order valence-electron chi connectivity index (χ1n) is 7.47. The summed E-state index contributed by atoms with van der Waals surface area (Å²) in [5.74, 6) is 1.95. The number of nitrogens with one attached hydrogen (secondary N) is 1. The van der Waals surface area contributed by atoms with Gasteiger partial charge in [-0.3, -0.25) is 10.1 Å². The molecular formula is C17H19N3O4S2. The van der Waals surface area contributed by atoms with Gasteiger partial charge in [0, 0.05) is 11.8 Å². The van der Waals surface area contributed by atoms with Gasteiger partial charge in [0.2, 0.25) is 16.8 Å². The van der Waals surface area contributed by atoms with Crippen molar-refractivity contribution in [1.82, 2.24) is 10.2 Å². The van der Waals surface area contributed by atoms with E-state index in [0.29, 0.717) is 22.4 Å². The first kappa shape index (κ1) is 19.8. The van der Waals surface area contributed by atoms with Crippen molar-refractivity contribution in [3.63, 3.8) is 0 Å². The molecule has 2 rings (SSSR count). The maximum Gasteiger partial charge on any atom is 0.250 e. The second-order valence-corrected chi connectivity index (χ2v) is 7.00. The van der Waals surface area contributed by atoms with Gasteiger partial charge in [-0.15, -0.1) is 16.8 Å². The summed E-state index contributed by atoms with van der Waals surface area (Å²) in [4.78, 5) is 12.1. The number of methoxy groups -OCH3 is 3. The standard InChI is InChI=1S/C17H19N3O4S2/c1-5-8-25-17-20-19-16(26-17)18-14(21)7-6-11-9-12(22-2)15(24-4)13(10-11)23-3/h5-7,9-10H,1,8H2,2-4H3,(H,18,19,21). The Morgan fingerprint density at radius 1 is 1.23 bits per heavy atom. The molecule has 0 atom stereocenters. The third-order valence-electron chi connectivity index (χ3n) is 3.08. The van der Waals surface area contributed by atoms with Crippen LogP contribution in [0.5, 0.6) is 17.2 Å². The molecule has 26 heavy (non-hydrogen) atoms. The van der Waals surface area contributed by atoms with Crippen molar-refractivity contribution in [3.05, 3.63) is 36.4 Å². The first-order valence-corrected chi connectivity index (χ1v) is 9.27. The van der Waals surface area contributed by atoms with E-state index in [4.69, 9.17) is 14.2 Å². The summed E-state index contributed by atoms with van der Waals surface area (Å²) in [5, 5.41) is 11.0. The smallest absolute Gasteiger partial charge is 0.250 e. The average Bonchev–Trinajstić information content (AvgIpc) is 3.10. The molecule has 0 aliphatic rings. The molecular weight excluding hydrogens is 374 g/mol. The summed E-state index contributed by atoms with van der Waals surface area (Å²) in [6.07, 6.45) is 4.83. The molecule has 2 aromatic rings. The number of carbonyl (C=O) groups excluding carboxylic acids is 1. The minimum Gasteiger partial charge on any atom is -0.493 e. The third kappa shape index (κ3) is 5.24. The minimum atomic E-state index is -0.310. The highest BCUT2D eigenvalue weighted by molar-refractivity contribution is 8.01. The Kier molecular flexibility index (Phi) is 7.49. The maximum atomic E-state index is 12.1. The third-order valence-corrected chi connectivity index (χ3v) is 5.04. The van der Waals surface area contributed by atoms with Gasteiger partial charge in [0.15, 0.2) is 15.8 Å². The molecule has 0 aliphatic heterocycles. The molecule has 1 aromatic heterocycles. The number of hydrogen-bond acceptors (Lipinski definition) is 8. The molecule has 0 aliphatic carbocycles. The van der Waals surface area contributed by atoms with E-state index < -0.39 is 0 Å². The quantitative estimate of drug-likeness (QED) is 0.302. The maximum absolute atomic E-state index is 12.1. The SMILES string of the molecule is C=CCSc1nnc(NC(=O)C=Cc2cc(OC)c(OC)c(OC)c2)s1. The fraction of sp³-hybridized carbons (Fsp3) is 0.235. The molecule has 1 N–H and O–H groups in total. The van der Waals surface area contributed by atoms with Crippen LogP contribution >= 0.6 is 23.1 Å². The van der Waals surface area contributed by atoms with Crippen molar-refractivity contribution in [2.24, 2.45) is 0 Å². The lowest BCUT2D eigenvalue weighted by Gasteiger charge is -2.12. The molecule has 7 nitrogen and oxygen atoms in total. The Bertz CT molecular complexity index is 780. The lowest BCUT2D eigenvalue weighted by Crippen LogP contribution is -2.07. The van der Waals surface area contributed by atoms with E-state index in [1.165, 1.54) is 50.5 Å². The van der Waals surface area contributed by atoms with E-state index in [-0.39, 0.29) is 5.91 Å². The molecule has 0 saturated heterocycles. The van der Waals surface area contributed by atoms with Crippen LogP contribution in [0.4, 0.5) is 5.13 Å². The van der Waals surface area contributed by atoms with Crippen LogP contribution in [-0.2, 0) is 4.79 Å². The van der Waals surface area contributed by atoms with Gasteiger partial charge < -0.3 is 14.2 Å². The van der Waals surface area contributed by atoms with Crippen molar-refractivity contribution in [2.45, 2.75) is 4.34 Å². The Balaban J connectivity index is 2.07. The zero-order chi connectivity index (χ0) is 18.9. The van der Waals surface area contributed by atoms with E-state index in [2.05, 4.69) is 22.1 Å². The number of rotatable bonds is 9. The zero-order valence-electron chi connectivity index (χ0n) is 14.6. The van der Waals surface area contributed by atoms with Gasteiger partial charge in [-0.25, -0.2) is 0 Å². The average molecular weight is 393 g/mol. The van der Waals surface area contributed by atoms with Gasteiger partial charge in [0.05, 0.1) is 21.3 Å². The fourth-order valence-corrected chi connectivity index (χ4v) is 3.48. The number of anilines is 1. The van der Waals surface area contributed by atoms with Crippen molar-refractivity contribution in [1.29, 1.82) is 0 Å². The van der Waals surface area contributed by atoms with E-state index >= 15 is 0 Å². The molecule has 0 saturated carbocycles. The van der Waals surface area contributed by atoms with E-state index in [1.807, 2.05) is 0 Å². The van der Waals surface area contributed by atoms with Crippen molar-refractivity contribution < 1.29 is 19.0 Å². The number of benzene rings is 1. The Morgan fingerprint density at radius 3 is 2.50 bits per heavy atom. The number of carbonyl (C=O) groups is 1. The zero-order valence-corrected chi connectivity index (χ0v) is 16.3. The van der Waals surface area contributed by atoms with E-state index in [1.54, 1.807) is 24.3 Å². The predicted octanol–water partition coefficient (Wildman–Crippen LogP) is 3.49. The highest BCUT2D eigenvalue weighted by atomic mass is 32.2. The van der Waals surface area contributed by atoms with Crippen LogP contribution in [0, 0.1) is 0 Å². The summed E-state index contributed by atoms with van der Waals surface area (Å²) in [7, 11) is 4.61. The van der Waals surface area contributed by atoms with Crippen molar-refractivity contribution >= 4 is 40.2 Å². The molecule has 1 amide bonds. The van der Waals surface area contributed by atoms with Crippen LogP contribution in [0.3, 0.4) is 0 Å². The molecule has 1 aromatic carbocycles. The van der Waals surface area contributed by atoms with Crippen molar-refractivity contribution in [2.75, 3.05) is 32.4 Å². The number of ether oxygens (including phenoxy) is 3. The van der Waals surface area contributed by atoms with Crippen LogP contribution < -0.4 is 19.5 Å². The number of amides is 1. The normalized spacial score (nSPS) is 10.6. The number of aromatic nitrogens is 2. The molecule has 0 spiro atoms. The van der Waals surface area contributed by atoms with Crippen LogP contribution in [0.1, 0.15) is 5.56 Å². The Labute approximate surface area is 160 Å². The van der Waals surface area contributed by atoms with Gasteiger partial charge in [-0.1, -0.05) is 29.2 Å². The number of hydrogen-bond donors (Lipinski definition) is 1. The monoisotopic (exact) mass is 393 g/mol. The highest BCUT2D eigenvalue weighted by Gasteiger charge is 2.12. The summed E-state index contributed by atoms with van der Waals surface area (Å²) < 4.78 is 16.6. The number of nitrogens with zero attached hydrogens (tertiary/aromatic N) is 2. The molecule has 0 radical (unpaired) electrons. The molecule has 138 valence electrons. The molecule has 9 heteroatoms. The van der Waals surface area contributed by atoms with Gasteiger partial charge in [-0.05, 0) is 23.8 Å². The summed E-state index contributed by atoms with van der Waals surface area (Å²) >= 11 is 2.82. The van der Waals surface area contributed by atoms with Crippen LogP contribution in [0.25, 0.3) is 6.08 Å². The lowest BCUT2D eigenvalue weighted by molar-refractivity contribution is -0.111. The first-order chi connectivity index (χ1) is 12.6. The summed E-state index contributed by atoms with van der Waals surface area (Å²) in [6, 6.07) is 3.50. The van der Waals surface area contributed by atoms with Gasteiger partial charge >= 0.3 is 0 Å². The van der Waals surface area contributed by atoms with Crippen molar-refractivity contribution in [3.8, 4) is 17.2 Å². The molecule has 1 heterocycles. The molecule has 0 bridgehead atoms. The molecule has 0 unspecified atom stereocenters. The Morgan fingerprint density at radius 2 is 1.92 bits per heavy atom. The molecule has 0 fully saturated rings. The second kappa shape index (κ2) is 9.83. The summed E-state index contributed by atoms with van der Waals surface area (Å²) in [6.45, 7) is 3.65. The van der Waals surface area contributed by atoms with Gasteiger partial charge in [-0.2, -0.15) is 0 Å². The predicted molar refractivity (Wildman–Crippen MR) is 105 cm³/mol. The largest absolute Gasteiger partial charge is 0.493 e. The van der Waals surface area contributed by atoms with Gasteiger partial charge in [0.1, 0.15) is 0 Å². The fourth-order valence-electron chi connectivity index (χ4n) is 1.97. The van der Waals surface area contributed by atoms with Crippen LogP contribution in [-0.4, -0.2) is 43.2 Å². The van der Waals surface area contributed by atoms with E-state index in [0.717, 1.165) is 15.7 Å². The lowest BCUT2D eigenvalue weighted by atomic mass is 10.1. The van der Waals surface area contributed by atoms with Crippen LogP contribution in [0.2, 0.25) is 0 Å². The van der Waals surface area contributed by atoms with Gasteiger partial charge in [0.25, 0.3) is 0 Å². The Hall–Kier alpha value is -2.52. The topological polar surface area (TPSA) is 82.6 Å². The van der Waals surface area contributed by atoms with Crippen LogP contribution in [0.15, 0.2) is 35.2 Å².